The van der Waals surface area contributed by atoms with E-state index < -0.39 is 0 Å². The van der Waals surface area contributed by atoms with Crippen molar-refractivity contribution in [2.75, 3.05) is 13.1 Å². The van der Waals surface area contributed by atoms with Crippen molar-refractivity contribution in [3.05, 3.63) is 36.3 Å². The van der Waals surface area contributed by atoms with Crippen LogP contribution in [0.2, 0.25) is 0 Å². The molecule has 18 heavy (non-hydrogen) atoms. The molecular formula is C14H20N4. The van der Waals surface area contributed by atoms with Gasteiger partial charge in [0.15, 0.2) is 0 Å². The molecule has 1 aliphatic rings. The predicted molar refractivity (Wildman–Crippen MR) is 72.3 cm³/mol. The molecule has 0 saturated heterocycles. The molecule has 4 heteroatoms. The van der Waals surface area contributed by atoms with Gasteiger partial charge < -0.3 is 10.1 Å². The Morgan fingerprint density at radius 3 is 3.00 bits per heavy atom. The molecule has 0 aliphatic heterocycles. The van der Waals surface area contributed by atoms with Gasteiger partial charge in [0.2, 0.25) is 0 Å². The zero-order valence-electron chi connectivity index (χ0n) is 10.6. The van der Waals surface area contributed by atoms with Crippen LogP contribution in [0, 0.1) is 0 Å². The first-order valence-electron chi connectivity index (χ1n) is 6.73. The van der Waals surface area contributed by atoms with E-state index in [9.17, 15) is 0 Å². The maximum Gasteiger partial charge on any atom is 0.137 e. The van der Waals surface area contributed by atoms with Crippen molar-refractivity contribution in [3.63, 3.8) is 0 Å². The lowest BCUT2D eigenvalue weighted by Crippen LogP contribution is -2.28. The quantitative estimate of drug-likeness (QED) is 0.840. The molecule has 0 amide bonds. The minimum Gasteiger partial charge on any atom is -0.330 e. The van der Waals surface area contributed by atoms with Gasteiger partial charge in [0, 0.05) is 31.5 Å². The smallest absolute Gasteiger partial charge is 0.137 e. The Hall–Kier alpha value is -1.39. The normalized spacial score (nSPS) is 15.7. The summed E-state index contributed by atoms with van der Waals surface area (Å²) in [5.41, 5.74) is 7.79. The van der Waals surface area contributed by atoms with Gasteiger partial charge in [0.1, 0.15) is 5.65 Å². The number of hydrogen-bond donors (Lipinski definition) is 1. The number of fused-ring (bicyclic) bond motifs is 1. The molecule has 2 N–H and O–H groups in total. The average Bonchev–Trinajstić information content (AvgIpc) is 3.14. The summed E-state index contributed by atoms with van der Waals surface area (Å²) in [6.07, 6.45) is 7.92. The van der Waals surface area contributed by atoms with Crippen LogP contribution in [-0.2, 0) is 6.54 Å². The van der Waals surface area contributed by atoms with Crippen LogP contribution in [-0.4, -0.2) is 33.4 Å². The van der Waals surface area contributed by atoms with Crippen molar-refractivity contribution in [2.45, 2.75) is 31.8 Å². The number of imidazole rings is 1. The highest BCUT2D eigenvalue weighted by Gasteiger charge is 2.28. The summed E-state index contributed by atoms with van der Waals surface area (Å²) >= 11 is 0. The molecule has 1 fully saturated rings. The van der Waals surface area contributed by atoms with Crippen molar-refractivity contribution in [2.24, 2.45) is 5.73 Å². The van der Waals surface area contributed by atoms with Gasteiger partial charge in [-0.2, -0.15) is 0 Å². The molecule has 0 bridgehead atoms. The van der Waals surface area contributed by atoms with Crippen LogP contribution in [0.25, 0.3) is 5.65 Å². The maximum absolute atomic E-state index is 5.61. The third-order valence-electron chi connectivity index (χ3n) is 3.49. The van der Waals surface area contributed by atoms with E-state index in [-0.39, 0.29) is 0 Å². The summed E-state index contributed by atoms with van der Waals surface area (Å²) in [5, 5.41) is 0. The first kappa shape index (κ1) is 11.7. The van der Waals surface area contributed by atoms with Gasteiger partial charge >= 0.3 is 0 Å². The maximum atomic E-state index is 5.61. The minimum absolute atomic E-state index is 0.765. The molecule has 0 aromatic carbocycles. The minimum atomic E-state index is 0.765. The van der Waals surface area contributed by atoms with Crippen molar-refractivity contribution >= 4 is 5.65 Å². The van der Waals surface area contributed by atoms with Crippen LogP contribution in [0.15, 0.2) is 30.6 Å². The zero-order valence-corrected chi connectivity index (χ0v) is 10.6. The molecule has 1 aliphatic carbocycles. The molecule has 1 saturated carbocycles. The van der Waals surface area contributed by atoms with E-state index in [1.807, 2.05) is 24.4 Å². The number of rotatable bonds is 6. The Kier molecular flexibility index (Phi) is 3.30. The van der Waals surface area contributed by atoms with E-state index in [0.717, 1.165) is 43.4 Å². The Bertz CT molecular complexity index is 482. The van der Waals surface area contributed by atoms with E-state index in [2.05, 4.69) is 20.5 Å². The van der Waals surface area contributed by atoms with Gasteiger partial charge in [0.25, 0.3) is 0 Å². The number of pyridine rings is 1. The Morgan fingerprint density at radius 2 is 2.28 bits per heavy atom. The second-order valence-corrected chi connectivity index (χ2v) is 5.04. The van der Waals surface area contributed by atoms with Gasteiger partial charge in [-0.1, -0.05) is 6.07 Å². The lowest BCUT2D eigenvalue weighted by Gasteiger charge is -2.20. The molecule has 2 aromatic heterocycles. The monoisotopic (exact) mass is 244 g/mol. The summed E-state index contributed by atoms with van der Waals surface area (Å²) < 4.78 is 2.09. The highest BCUT2D eigenvalue weighted by Crippen LogP contribution is 2.28. The number of aromatic nitrogens is 2. The van der Waals surface area contributed by atoms with Crippen LogP contribution < -0.4 is 5.73 Å². The van der Waals surface area contributed by atoms with E-state index in [0.29, 0.717) is 0 Å². The van der Waals surface area contributed by atoms with E-state index in [1.54, 1.807) is 0 Å². The van der Waals surface area contributed by atoms with Crippen molar-refractivity contribution < 1.29 is 0 Å². The largest absolute Gasteiger partial charge is 0.330 e. The molecule has 3 rings (SSSR count). The summed E-state index contributed by atoms with van der Waals surface area (Å²) in [7, 11) is 0. The first-order chi connectivity index (χ1) is 8.86. The second-order valence-electron chi connectivity index (χ2n) is 5.04. The third kappa shape index (κ3) is 2.54. The Labute approximate surface area is 107 Å². The van der Waals surface area contributed by atoms with Crippen molar-refractivity contribution in [1.29, 1.82) is 0 Å². The highest BCUT2D eigenvalue weighted by atomic mass is 15.2. The molecule has 96 valence electrons. The molecular weight excluding hydrogens is 224 g/mol. The number of nitrogens with two attached hydrogens (primary N) is 1. The highest BCUT2D eigenvalue weighted by molar-refractivity contribution is 5.39. The van der Waals surface area contributed by atoms with Crippen molar-refractivity contribution in [3.8, 4) is 0 Å². The topological polar surface area (TPSA) is 46.6 Å². The molecule has 2 heterocycles. The summed E-state index contributed by atoms with van der Waals surface area (Å²) in [5.74, 6) is 0. The second kappa shape index (κ2) is 5.08. The fraction of sp³-hybridized carbons (Fsp3) is 0.500. The van der Waals surface area contributed by atoms with Gasteiger partial charge in [-0.25, -0.2) is 4.98 Å². The predicted octanol–water partition coefficient (Wildman–Crippen LogP) is 1.65. The fourth-order valence-electron chi connectivity index (χ4n) is 2.40. The van der Waals surface area contributed by atoms with Crippen LogP contribution in [0.1, 0.15) is 25.0 Å². The van der Waals surface area contributed by atoms with Gasteiger partial charge in [-0.3, -0.25) is 4.90 Å². The van der Waals surface area contributed by atoms with E-state index >= 15 is 0 Å². The first-order valence-corrected chi connectivity index (χ1v) is 6.73. The standard InChI is InChI=1S/C14H20N4/c15-7-3-9-17(13-5-6-13)10-12-11-18-8-2-1-4-14(18)16-12/h1-2,4,8,11,13H,3,5-7,9-10,15H2. The summed E-state index contributed by atoms with van der Waals surface area (Å²) in [6.45, 7) is 2.82. The molecule has 0 spiro atoms. The van der Waals surface area contributed by atoms with E-state index in [4.69, 9.17) is 5.73 Å². The SMILES string of the molecule is NCCCN(Cc1cn2ccccc2n1)C1CC1. The molecule has 0 radical (unpaired) electrons. The molecule has 2 aromatic rings. The van der Waals surface area contributed by atoms with Gasteiger partial charge in [0.05, 0.1) is 5.69 Å². The van der Waals surface area contributed by atoms with Crippen LogP contribution >= 0.6 is 0 Å². The average molecular weight is 244 g/mol. The zero-order chi connectivity index (χ0) is 12.4. The van der Waals surface area contributed by atoms with Crippen molar-refractivity contribution in [1.82, 2.24) is 14.3 Å². The lowest BCUT2D eigenvalue weighted by molar-refractivity contribution is 0.250. The van der Waals surface area contributed by atoms with Crippen LogP contribution in [0.4, 0.5) is 0 Å². The summed E-state index contributed by atoms with van der Waals surface area (Å²) in [4.78, 5) is 7.18. The summed E-state index contributed by atoms with van der Waals surface area (Å²) in [6, 6.07) is 6.87. The van der Waals surface area contributed by atoms with Crippen LogP contribution in [0.5, 0.6) is 0 Å². The molecule has 0 unspecified atom stereocenters. The Morgan fingerprint density at radius 1 is 1.39 bits per heavy atom. The molecule has 0 atom stereocenters. The Balaban J connectivity index is 1.72. The van der Waals surface area contributed by atoms with Gasteiger partial charge in [-0.05, 0) is 37.9 Å². The molecule has 4 nitrogen and oxygen atoms in total. The lowest BCUT2D eigenvalue weighted by atomic mass is 10.3. The van der Waals surface area contributed by atoms with E-state index in [1.165, 1.54) is 12.8 Å². The number of hydrogen-bond acceptors (Lipinski definition) is 3. The van der Waals surface area contributed by atoms with Gasteiger partial charge in [-0.15, -0.1) is 0 Å². The van der Waals surface area contributed by atoms with Crippen LogP contribution in [0.3, 0.4) is 0 Å². The fourth-order valence-corrected chi connectivity index (χ4v) is 2.40. The third-order valence-corrected chi connectivity index (χ3v) is 3.49. The number of nitrogens with zero attached hydrogens (tertiary/aromatic N) is 3.